The molecule has 1 N–H and O–H groups in total. The normalized spacial score (nSPS) is 29.2. The van der Waals surface area contributed by atoms with E-state index in [1.165, 1.54) is 16.9 Å². The van der Waals surface area contributed by atoms with Gasteiger partial charge in [0.1, 0.15) is 35.6 Å². The van der Waals surface area contributed by atoms with Gasteiger partial charge >= 0.3 is 11.9 Å². The van der Waals surface area contributed by atoms with Crippen LogP contribution in [0, 0.1) is 18.8 Å². The van der Waals surface area contributed by atoms with Crippen LogP contribution in [0.5, 0.6) is 0 Å². The number of likely N-dealkylation sites (N-methyl/N-ethyl adjacent to an activating group) is 1. The molecule has 4 heterocycles. The average Bonchev–Trinajstić information content (AvgIpc) is 3.90. The van der Waals surface area contributed by atoms with E-state index in [4.69, 9.17) is 30.5 Å². The molecule has 13 heteroatoms. The Hall–Kier alpha value is -4.62. The zero-order valence-corrected chi connectivity index (χ0v) is 37.0. The molecule has 0 aliphatic carbocycles. The van der Waals surface area contributed by atoms with Gasteiger partial charge in [-0.25, -0.2) is 4.79 Å². The van der Waals surface area contributed by atoms with Crippen LogP contribution in [-0.2, 0) is 46.2 Å². The number of carbonyl (C=O) groups excluding carboxylic acids is 4. The summed E-state index contributed by atoms with van der Waals surface area (Å²) < 4.78 is 24.2. The summed E-state index contributed by atoms with van der Waals surface area (Å²) in [5.74, 6) is -2.22. The molecular formula is C47H58ClN3O9. The summed E-state index contributed by atoms with van der Waals surface area (Å²) in [5.41, 5.74) is 2.56. The largest absolute Gasteiger partial charge is 0.462 e. The molecule has 0 saturated carbocycles. The number of carbonyl (C=O) groups is 4. The monoisotopic (exact) mass is 843 g/mol. The van der Waals surface area contributed by atoms with Gasteiger partial charge in [-0.3, -0.25) is 19.4 Å². The predicted octanol–water partition coefficient (Wildman–Crippen LogP) is 7.12. The van der Waals surface area contributed by atoms with Crippen LogP contribution < -0.4 is 4.90 Å². The smallest absolute Gasteiger partial charge is 0.328 e. The van der Waals surface area contributed by atoms with E-state index in [1.807, 2.05) is 57.2 Å². The number of aromatic nitrogens is 1. The molecule has 3 aromatic rings. The highest BCUT2D eigenvalue weighted by Gasteiger charge is 2.64. The standard InChI is InChI=1S/C47H58ClN3O9/c1-26(2)19-32-16-17-34(33-14-12-18-49-42(32)33)44(54)50(8)30(6)45(55)59-38-23-39(52)51(9)35-22-31(21-28(4)41(35)48)20-27(3)13-11-15-37(57-10)47(56)24-36(58-40(53)25-47)29(5)43-46(38,7)60-43/h11-18,21-22,26,29-30,36-38,43,56H,19-20,23-25H2,1-10H3/b15-11+,27-13+/t29-,30+,36+,37-,38+,43+,46+,47-/m1/s1. The number of nitrogens with zero attached hydrogens (tertiary/aromatic N) is 3. The number of aliphatic hydroxyl groups is 1. The minimum Gasteiger partial charge on any atom is -0.462 e. The number of rotatable bonds is 7. The lowest BCUT2D eigenvalue weighted by atomic mass is 9.78. The first kappa shape index (κ1) is 44.9. The zero-order valence-electron chi connectivity index (χ0n) is 36.3. The fourth-order valence-electron chi connectivity index (χ4n) is 8.68. The van der Waals surface area contributed by atoms with Crippen LogP contribution in [0.1, 0.15) is 87.9 Å². The minimum absolute atomic E-state index is 0.0592. The number of esters is 2. The number of epoxide rings is 1. The Kier molecular flexibility index (Phi) is 13.3. The van der Waals surface area contributed by atoms with E-state index in [2.05, 4.69) is 18.8 Å². The molecular weight excluding hydrogens is 786 g/mol. The number of methoxy groups -OCH3 is 1. The van der Waals surface area contributed by atoms with E-state index < -0.39 is 65.4 Å². The summed E-state index contributed by atoms with van der Waals surface area (Å²) in [4.78, 5) is 63.1. The highest BCUT2D eigenvalue weighted by molar-refractivity contribution is 6.34. The van der Waals surface area contributed by atoms with E-state index in [9.17, 15) is 24.3 Å². The number of halogens is 1. The van der Waals surface area contributed by atoms with Gasteiger partial charge in [0, 0.05) is 50.7 Å². The van der Waals surface area contributed by atoms with Gasteiger partial charge in [0.2, 0.25) is 5.91 Å². The van der Waals surface area contributed by atoms with Gasteiger partial charge in [-0.1, -0.05) is 74.4 Å². The molecule has 0 radical (unpaired) electrons. The third kappa shape index (κ3) is 9.17. The lowest BCUT2D eigenvalue weighted by molar-refractivity contribution is -0.187. The van der Waals surface area contributed by atoms with Crippen LogP contribution in [0.4, 0.5) is 5.69 Å². The average molecular weight is 844 g/mol. The van der Waals surface area contributed by atoms with Gasteiger partial charge in [0.25, 0.3) is 5.91 Å². The van der Waals surface area contributed by atoms with Crippen LogP contribution in [0.3, 0.4) is 0 Å². The van der Waals surface area contributed by atoms with Crippen molar-refractivity contribution in [2.45, 2.75) is 122 Å². The molecule has 4 bridgehead atoms. The number of anilines is 1. The number of hydrogen-bond donors (Lipinski definition) is 1. The Morgan fingerprint density at radius 2 is 1.88 bits per heavy atom. The fourth-order valence-corrected chi connectivity index (χ4v) is 8.92. The first-order valence-electron chi connectivity index (χ1n) is 20.6. The summed E-state index contributed by atoms with van der Waals surface area (Å²) in [6.45, 7) is 13.3. The summed E-state index contributed by atoms with van der Waals surface area (Å²) in [7, 11) is 4.65. The number of benzene rings is 2. The molecule has 12 nitrogen and oxygen atoms in total. The Bertz CT molecular complexity index is 2220. The number of fused-ring (bicyclic) bond motifs is 6. The van der Waals surface area contributed by atoms with Gasteiger partial charge in [0.15, 0.2) is 0 Å². The Morgan fingerprint density at radius 1 is 1.15 bits per heavy atom. The third-order valence-corrected chi connectivity index (χ3v) is 12.9. The maximum Gasteiger partial charge on any atom is 0.328 e. The number of allylic oxidation sites excluding steroid dienone is 3. The molecule has 8 atom stereocenters. The molecule has 60 heavy (non-hydrogen) atoms. The minimum atomic E-state index is -1.58. The molecule has 2 aromatic carbocycles. The first-order chi connectivity index (χ1) is 28.3. The van der Waals surface area contributed by atoms with Crippen molar-refractivity contribution in [1.82, 2.24) is 9.88 Å². The number of hydrogen-bond acceptors (Lipinski definition) is 10. The second-order valence-corrected chi connectivity index (χ2v) is 17.9. The van der Waals surface area contributed by atoms with Crippen molar-refractivity contribution in [2.75, 3.05) is 26.1 Å². The van der Waals surface area contributed by atoms with Gasteiger partial charge in [0.05, 0.1) is 35.2 Å². The molecule has 1 aromatic heterocycles. The van der Waals surface area contributed by atoms with E-state index >= 15 is 0 Å². The summed E-state index contributed by atoms with van der Waals surface area (Å²) in [6.07, 6.45) is 4.60. The van der Waals surface area contributed by atoms with Gasteiger partial charge < -0.3 is 33.9 Å². The molecule has 3 aliphatic heterocycles. The number of amides is 2. The number of ether oxygens (including phenoxy) is 4. The summed E-state index contributed by atoms with van der Waals surface area (Å²) >= 11 is 6.84. The van der Waals surface area contributed by atoms with E-state index in [0.29, 0.717) is 34.0 Å². The Balaban J connectivity index is 1.33. The quantitative estimate of drug-likeness (QED) is 0.193. The SMILES string of the molecule is CO[C@@H]1/C=C/C=C(\C)Cc2cc(C)c(Cl)c(c2)N(C)C(=O)C[C@H](OC(=O)[C@H](C)N(C)C(=O)c2ccc(CC(C)C)c3ncccc23)[C@]2(C)O[C@H]2[C@H](C)[C@@H]2C[C@@]1(O)CC(=O)O2. The van der Waals surface area contributed by atoms with Crippen molar-refractivity contribution in [2.24, 2.45) is 11.8 Å². The Labute approximate surface area is 357 Å². The van der Waals surface area contributed by atoms with Gasteiger partial charge in [-0.2, -0.15) is 0 Å². The number of aryl methyl sites for hydroxylation is 1. The van der Waals surface area contributed by atoms with Crippen molar-refractivity contribution in [3.63, 3.8) is 0 Å². The van der Waals surface area contributed by atoms with Crippen molar-refractivity contribution >= 4 is 51.9 Å². The lowest BCUT2D eigenvalue weighted by Crippen LogP contribution is -2.53. The molecule has 322 valence electrons. The highest BCUT2D eigenvalue weighted by atomic mass is 35.5. The molecule has 2 fully saturated rings. The fraction of sp³-hybridized carbons (Fsp3) is 0.511. The van der Waals surface area contributed by atoms with Gasteiger partial charge in [-0.15, -0.1) is 0 Å². The molecule has 2 amide bonds. The van der Waals surface area contributed by atoms with Crippen molar-refractivity contribution in [1.29, 1.82) is 0 Å². The van der Waals surface area contributed by atoms with Crippen LogP contribution >= 0.6 is 11.6 Å². The van der Waals surface area contributed by atoms with Gasteiger partial charge in [-0.05, 0) is 81.3 Å². The topological polar surface area (TPSA) is 148 Å². The third-order valence-electron chi connectivity index (χ3n) is 12.4. The van der Waals surface area contributed by atoms with E-state index in [0.717, 1.165) is 34.2 Å². The maximum atomic E-state index is 14.3. The molecule has 3 aliphatic rings. The second kappa shape index (κ2) is 17.8. The van der Waals surface area contributed by atoms with E-state index in [-0.39, 0.29) is 25.2 Å². The number of pyridine rings is 1. The zero-order chi connectivity index (χ0) is 43.8. The van der Waals surface area contributed by atoms with Crippen LogP contribution in [-0.4, -0.2) is 102 Å². The van der Waals surface area contributed by atoms with Crippen molar-refractivity contribution < 1.29 is 43.2 Å². The lowest BCUT2D eigenvalue weighted by Gasteiger charge is -2.41. The second-order valence-electron chi connectivity index (χ2n) is 17.5. The molecule has 0 spiro atoms. The predicted molar refractivity (Wildman–Crippen MR) is 230 cm³/mol. The summed E-state index contributed by atoms with van der Waals surface area (Å²) in [5, 5.41) is 13.0. The van der Waals surface area contributed by atoms with Crippen LogP contribution in [0.25, 0.3) is 10.9 Å². The maximum absolute atomic E-state index is 14.3. The van der Waals surface area contributed by atoms with E-state index in [1.54, 1.807) is 52.3 Å². The first-order valence-corrected chi connectivity index (χ1v) is 21.0. The summed E-state index contributed by atoms with van der Waals surface area (Å²) in [6, 6.07) is 10.1. The van der Waals surface area contributed by atoms with Crippen molar-refractivity contribution in [3.05, 3.63) is 93.7 Å². The molecule has 2 saturated heterocycles. The molecule has 0 unspecified atom stereocenters. The highest BCUT2D eigenvalue weighted by Crippen LogP contribution is 2.50. The molecule has 6 rings (SSSR count). The Morgan fingerprint density at radius 3 is 2.58 bits per heavy atom. The van der Waals surface area contributed by atoms with Crippen molar-refractivity contribution in [3.8, 4) is 0 Å². The van der Waals surface area contributed by atoms with Crippen LogP contribution in [0.15, 0.2) is 66.4 Å². The van der Waals surface area contributed by atoms with Crippen LogP contribution in [0.2, 0.25) is 5.02 Å².